The molecule has 0 aliphatic heterocycles. The molecule has 4 nitrogen and oxygen atoms in total. The molecule has 0 atom stereocenters. The number of carbonyl (C=O) groups is 2. The van der Waals surface area contributed by atoms with Crippen LogP contribution in [0.2, 0.25) is 0 Å². The van der Waals surface area contributed by atoms with Crippen LogP contribution in [0.3, 0.4) is 0 Å². The van der Waals surface area contributed by atoms with Crippen LogP contribution >= 0.6 is 0 Å². The number of nitrogens with zero attached hydrogens (tertiary/aromatic N) is 1. The summed E-state index contributed by atoms with van der Waals surface area (Å²) in [5.41, 5.74) is 1.49. The number of para-hydroxylation sites is 1. The molecule has 0 fully saturated rings. The zero-order valence-electron chi connectivity index (χ0n) is 10.2. The average Bonchev–Trinajstić information content (AvgIpc) is 2.39. The summed E-state index contributed by atoms with van der Waals surface area (Å²) < 4.78 is 4.60. The molecular weight excluding hydrogens is 218 g/mol. The third-order valence-corrected chi connectivity index (χ3v) is 2.60. The number of methoxy groups -OCH3 is 1. The van der Waals surface area contributed by atoms with E-state index in [-0.39, 0.29) is 5.97 Å². The van der Waals surface area contributed by atoms with Crippen LogP contribution in [0.1, 0.15) is 23.7 Å². The van der Waals surface area contributed by atoms with Gasteiger partial charge in [0.05, 0.1) is 13.5 Å². The van der Waals surface area contributed by atoms with Crippen molar-refractivity contribution in [1.29, 1.82) is 0 Å². The van der Waals surface area contributed by atoms with Gasteiger partial charge in [0.25, 0.3) is 0 Å². The molecule has 92 valence electrons. The Balaban J connectivity index is 2.78. The van der Waals surface area contributed by atoms with Crippen molar-refractivity contribution in [2.45, 2.75) is 13.3 Å². The number of carbonyl (C=O) groups excluding carboxylic acids is 2. The van der Waals surface area contributed by atoms with E-state index >= 15 is 0 Å². The molecule has 17 heavy (non-hydrogen) atoms. The number of benzene rings is 1. The molecule has 0 aliphatic carbocycles. The minimum Gasteiger partial charge on any atom is -0.469 e. The molecule has 0 spiro atoms. The molecule has 1 aromatic rings. The summed E-state index contributed by atoms with van der Waals surface area (Å²) in [5, 5.41) is 0. The van der Waals surface area contributed by atoms with Crippen molar-refractivity contribution in [3.8, 4) is 0 Å². The van der Waals surface area contributed by atoms with Gasteiger partial charge in [0.1, 0.15) is 0 Å². The topological polar surface area (TPSA) is 46.6 Å². The largest absolute Gasteiger partial charge is 0.469 e. The van der Waals surface area contributed by atoms with Crippen molar-refractivity contribution in [3.05, 3.63) is 29.8 Å². The highest BCUT2D eigenvalue weighted by Crippen LogP contribution is 2.18. The number of aldehydes is 1. The lowest BCUT2D eigenvalue weighted by Gasteiger charge is -2.23. The van der Waals surface area contributed by atoms with Crippen molar-refractivity contribution >= 4 is 17.9 Å². The number of anilines is 1. The van der Waals surface area contributed by atoms with Gasteiger partial charge < -0.3 is 9.64 Å². The predicted octanol–water partition coefficient (Wildman–Crippen LogP) is 1.89. The predicted molar refractivity (Wildman–Crippen MR) is 66.3 cm³/mol. The van der Waals surface area contributed by atoms with Crippen LogP contribution < -0.4 is 4.90 Å². The fourth-order valence-electron chi connectivity index (χ4n) is 1.65. The van der Waals surface area contributed by atoms with E-state index < -0.39 is 0 Å². The van der Waals surface area contributed by atoms with Gasteiger partial charge in [-0.25, -0.2) is 0 Å². The van der Waals surface area contributed by atoms with Crippen LogP contribution in [-0.4, -0.2) is 32.5 Å². The van der Waals surface area contributed by atoms with E-state index in [1.54, 1.807) is 6.07 Å². The van der Waals surface area contributed by atoms with E-state index in [9.17, 15) is 9.59 Å². The van der Waals surface area contributed by atoms with Crippen LogP contribution in [-0.2, 0) is 9.53 Å². The second-order valence-electron chi connectivity index (χ2n) is 3.58. The Morgan fingerprint density at radius 1 is 1.41 bits per heavy atom. The maximum absolute atomic E-state index is 11.1. The second-order valence-corrected chi connectivity index (χ2v) is 3.58. The lowest BCUT2D eigenvalue weighted by molar-refractivity contribution is -0.140. The molecule has 4 heteroatoms. The molecule has 0 aliphatic rings. The van der Waals surface area contributed by atoms with Gasteiger partial charge in [-0.05, 0) is 19.1 Å². The Morgan fingerprint density at radius 2 is 2.12 bits per heavy atom. The van der Waals surface area contributed by atoms with Gasteiger partial charge in [0.15, 0.2) is 6.29 Å². The Kier molecular flexibility index (Phi) is 5.20. The van der Waals surface area contributed by atoms with Crippen molar-refractivity contribution in [2.75, 3.05) is 25.1 Å². The van der Waals surface area contributed by atoms with Crippen LogP contribution in [0.15, 0.2) is 24.3 Å². The summed E-state index contributed by atoms with van der Waals surface area (Å²) >= 11 is 0. The van der Waals surface area contributed by atoms with E-state index in [0.29, 0.717) is 18.5 Å². The minimum atomic E-state index is -0.243. The van der Waals surface area contributed by atoms with Crippen LogP contribution in [0.4, 0.5) is 5.69 Å². The smallest absolute Gasteiger partial charge is 0.307 e. The van der Waals surface area contributed by atoms with Gasteiger partial charge in [-0.15, -0.1) is 0 Å². The number of hydrogen-bond donors (Lipinski definition) is 0. The minimum absolute atomic E-state index is 0.243. The molecule has 1 aromatic carbocycles. The molecule has 0 aromatic heterocycles. The first kappa shape index (κ1) is 13.2. The zero-order chi connectivity index (χ0) is 12.7. The van der Waals surface area contributed by atoms with Gasteiger partial charge in [0.2, 0.25) is 0 Å². The summed E-state index contributed by atoms with van der Waals surface area (Å²) in [6.07, 6.45) is 1.15. The van der Waals surface area contributed by atoms with Crippen LogP contribution in [0, 0.1) is 0 Å². The summed E-state index contributed by atoms with van der Waals surface area (Å²) in [6, 6.07) is 7.35. The highest BCUT2D eigenvalue weighted by Gasteiger charge is 2.10. The lowest BCUT2D eigenvalue weighted by atomic mass is 10.1. The summed E-state index contributed by atoms with van der Waals surface area (Å²) in [7, 11) is 1.37. The number of rotatable bonds is 6. The highest BCUT2D eigenvalue weighted by atomic mass is 16.5. The maximum Gasteiger partial charge on any atom is 0.307 e. The monoisotopic (exact) mass is 235 g/mol. The summed E-state index contributed by atoms with van der Waals surface area (Å²) in [6.45, 7) is 3.27. The number of ether oxygens (including phenoxy) is 1. The van der Waals surface area contributed by atoms with Crippen molar-refractivity contribution in [1.82, 2.24) is 0 Å². The second kappa shape index (κ2) is 6.68. The fourth-order valence-corrected chi connectivity index (χ4v) is 1.65. The molecule has 0 unspecified atom stereocenters. The Morgan fingerprint density at radius 3 is 2.71 bits per heavy atom. The lowest BCUT2D eigenvalue weighted by Crippen LogP contribution is -2.27. The average molecular weight is 235 g/mol. The third kappa shape index (κ3) is 3.59. The quantitative estimate of drug-likeness (QED) is 0.558. The van der Waals surface area contributed by atoms with Gasteiger partial charge in [0, 0.05) is 24.3 Å². The first-order chi connectivity index (χ1) is 8.22. The van der Waals surface area contributed by atoms with E-state index in [0.717, 1.165) is 18.5 Å². The molecule has 0 heterocycles. The molecule has 0 saturated heterocycles. The number of esters is 1. The van der Waals surface area contributed by atoms with Gasteiger partial charge in [-0.3, -0.25) is 9.59 Å². The van der Waals surface area contributed by atoms with E-state index in [1.165, 1.54) is 7.11 Å². The Bertz CT molecular complexity index is 390. The highest BCUT2D eigenvalue weighted by molar-refractivity contribution is 5.84. The maximum atomic E-state index is 11.1. The van der Waals surface area contributed by atoms with E-state index in [2.05, 4.69) is 4.74 Å². The van der Waals surface area contributed by atoms with Crippen molar-refractivity contribution in [3.63, 3.8) is 0 Å². The first-order valence-electron chi connectivity index (χ1n) is 5.58. The summed E-state index contributed by atoms with van der Waals surface area (Å²) in [5.74, 6) is -0.243. The van der Waals surface area contributed by atoms with Crippen LogP contribution in [0.5, 0.6) is 0 Å². The van der Waals surface area contributed by atoms with Gasteiger partial charge >= 0.3 is 5.97 Å². The normalized spacial score (nSPS) is 9.76. The van der Waals surface area contributed by atoms with Gasteiger partial charge in [-0.1, -0.05) is 12.1 Å². The van der Waals surface area contributed by atoms with E-state index in [4.69, 9.17) is 0 Å². The SMILES string of the molecule is CCN(CCC(=O)OC)c1ccccc1C=O. The van der Waals surface area contributed by atoms with Crippen molar-refractivity contribution in [2.24, 2.45) is 0 Å². The van der Waals surface area contributed by atoms with Crippen molar-refractivity contribution < 1.29 is 14.3 Å². The summed E-state index contributed by atoms with van der Waals surface area (Å²) in [4.78, 5) is 24.0. The fraction of sp³-hybridized carbons (Fsp3) is 0.385. The standard InChI is InChI=1S/C13H17NO3/c1-3-14(9-8-13(16)17-2)12-7-5-4-6-11(12)10-15/h4-7,10H,3,8-9H2,1-2H3. The Labute approximate surface area is 101 Å². The van der Waals surface area contributed by atoms with Crippen LogP contribution in [0.25, 0.3) is 0 Å². The van der Waals surface area contributed by atoms with Gasteiger partial charge in [-0.2, -0.15) is 0 Å². The molecule has 0 saturated carbocycles. The molecular formula is C13H17NO3. The zero-order valence-corrected chi connectivity index (χ0v) is 10.2. The first-order valence-corrected chi connectivity index (χ1v) is 5.58. The molecule has 0 radical (unpaired) electrons. The number of hydrogen-bond acceptors (Lipinski definition) is 4. The third-order valence-electron chi connectivity index (χ3n) is 2.60. The van der Waals surface area contributed by atoms with E-state index in [1.807, 2.05) is 30.0 Å². The Hall–Kier alpha value is -1.84. The molecule has 0 bridgehead atoms. The molecule has 0 amide bonds. The molecule has 0 N–H and O–H groups in total. The molecule has 1 rings (SSSR count).